The van der Waals surface area contributed by atoms with Crippen molar-refractivity contribution < 1.29 is 32.7 Å². The normalized spacial score (nSPS) is 22.6. The molecule has 4 atom stereocenters. The summed E-state index contributed by atoms with van der Waals surface area (Å²) in [5.74, 6) is 0.0352. The predicted molar refractivity (Wildman–Crippen MR) is 168 cm³/mol. The Morgan fingerprint density at radius 3 is 2.43 bits per heavy atom. The maximum absolute atomic E-state index is 14.8. The van der Waals surface area contributed by atoms with Crippen LogP contribution in [0.2, 0.25) is 0 Å². The number of halogens is 2. The quantitative estimate of drug-likeness (QED) is 0.324. The second kappa shape index (κ2) is 12.9. The fourth-order valence-electron chi connectivity index (χ4n) is 6.47. The van der Waals surface area contributed by atoms with Gasteiger partial charge < -0.3 is 34.2 Å². The van der Waals surface area contributed by atoms with E-state index in [1.165, 1.54) is 0 Å². The van der Waals surface area contributed by atoms with Crippen molar-refractivity contribution in [1.82, 2.24) is 25.4 Å². The zero-order valence-corrected chi connectivity index (χ0v) is 27.4. The molecule has 3 aliphatic rings. The first kappa shape index (κ1) is 32.9. The van der Waals surface area contributed by atoms with Gasteiger partial charge in [0, 0.05) is 32.1 Å². The number of aliphatic hydroxyl groups is 1. The van der Waals surface area contributed by atoms with Gasteiger partial charge in [-0.1, -0.05) is 5.16 Å². The smallest absolute Gasteiger partial charge is 0.407 e. The van der Waals surface area contributed by atoms with Gasteiger partial charge in [0.2, 0.25) is 11.8 Å². The zero-order valence-electron chi connectivity index (χ0n) is 27.4. The maximum atomic E-state index is 14.8. The van der Waals surface area contributed by atoms with Crippen LogP contribution in [-0.4, -0.2) is 75.2 Å². The van der Waals surface area contributed by atoms with E-state index in [1.807, 2.05) is 16.7 Å². The van der Waals surface area contributed by atoms with Crippen LogP contribution in [0.25, 0.3) is 0 Å². The number of carbonyl (C=O) groups is 1. The molecule has 1 aliphatic carbocycles. The molecule has 6 rings (SSSR count). The Kier molecular flexibility index (Phi) is 8.98. The first-order valence-electron chi connectivity index (χ1n) is 16.3. The topological polar surface area (TPSA) is 139 Å². The second-order valence-electron chi connectivity index (χ2n) is 14.1. The van der Waals surface area contributed by atoms with Crippen molar-refractivity contribution in [3.05, 3.63) is 53.6 Å². The van der Waals surface area contributed by atoms with Gasteiger partial charge in [-0.2, -0.15) is 4.98 Å². The van der Waals surface area contributed by atoms with Crippen LogP contribution >= 0.6 is 0 Å². The Labute approximate surface area is 272 Å². The lowest BCUT2D eigenvalue weighted by Crippen LogP contribution is -2.43. The molecule has 47 heavy (non-hydrogen) atoms. The van der Waals surface area contributed by atoms with E-state index in [0.29, 0.717) is 23.5 Å². The van der Waals surface area contributed by atoms with Crippen LogP contribution in [0.1, 0.15) is 77.6 Å². The van der Waals surface area contributed by atoms with E-state index in [-0.39, 0.29) is 36.6 Å². The molecule has 1 aromatic carbocycles. The lowest BCUT2D eigenvalue weighted by Gasteiger charge is -2.33. The average Bonchev–Trinajstić information content (AvgIpc) is 3.63. The van der Waals surface area contributed by atoms with Crippen LogP contribution in [0.5, 0.6) is 5.75 Å². The summed E-state index contributed by atoms with van der Waals surface area (Å²) in [6, 6.07) is 3.19. The monoisotopic (exact) mass is 655 g/mol. The molecule has 1 saturated carbocycles. The van der Waals surface area contributed by atoms with Crippen LogP contribution in [0.3, 0.4) is 0 Å². The molecule has 2 unspecified atom stereocenters. The number of hydrogen-bond acceptors (Lipinski definition) is 11. The number of alkyl carbamates (subject to hydrolysis) is 1. The van der Waals surface area contributed by atoms with Crippen LogP contribution in [0.4, 0.5) is 25.5 Å². The number of nitrogens with zero attached hydrogens (tertiary/aromatic N) is 6. The molecular weight excluding hydrogens is 612 g/mol. The van der Waals surface area contributed by atoms with Crippen LogP contribution in [0, 0.1) is 23.5 Å². The van der Waals surface area contributed by atoms with Crippen molar-refractivity contribution in [2.45, 2.75) is 89.6 Å². The number of hydrogen-bond donors (Lipinski definition) is 2. The van der Waals surface area contributed by atoms with E-state index in [9.17, 15) is 18.7 Å². The largest absolute Gasteiger partial charge is 0.487 e. The van der Waals surface area contributed by atoms with Crippen molar-refractivity contribution in [2.75, 3.05) is 36.0 Å². The summed E-state index contributed by atoms with van der Waals surface area (Å²) >= 11 is 0. The highest BCUT2D eigenvalue weighted by Gasteiger charge is 2.45. The van der Waals surface area contributed by atoms with Gasteiger partial charge in [0.05, 0.1) is 24.5 Å². The molecule has 3 aromatic rings. The van der Waals surface area contributed by atoms with E-state index >= 15 is 0 Å². The van der Waals surface area contributed by atoms with Gasteiger partial charge in [-0.25, -0.2) is 23.5 Å². The zero-order chi connectivity index (χ0) is 33.5. The molecular formula is C33H43F2N7O5. The molecule has 254 valence electrons. The average molecular weight is 656 g/mol. The molecule has 12 nitrogen and oxygen atoms in total. The minimum Gasteiger partial charge on any atom is -0.487 e. The van der Waals surface area contributed by atoms with Crippen LogP contribution in [-0.2, 0) is 10.3 Å². The van der Waals surface area contributed by atoms with Crippen molar-refractivity contribution in [1.29, 1.82) is 0 Å². The van der Waals surface area contributed by atoms with Gasteiger partial charge in [0.15, 0.2) is 5.75 Å². The second-order valence-corrected chi connectivity index (χ2v) is 14.1. The molecule has 1 amide bonds. The molecule has 3 fully saturated rings. The standard InChI is InChI=1S/C33H43F2N7O5/c1-19(20-10-12-41(13-11-20)30-39-28(40-47-30)33(5,44)21-6-7-21)45-23-15-36-29(37-16-23)42-17-25(24-14-22(34)8-9-26(24)35)27(18-42)38-31(43)46-32(2,3)4/h8-9,14-16,19-21,25,27,44H,6-7,10-13,17-18H2,1-5H3,(H,38,43)/t19-,25+,27?,33?/m0/s1. The van der Waals surface area contributed by atoms with Crippen molar-refractivity contribution in [3.63, 3.8) is 0 Å². The third kappa shape index (κ3) is 7.58. The number of rotatable bonds is 9. The molecule has 0 bridgehead atoms. The fraction of sp³-hybridized carbons (Fsp3) is 0.606. The number of amides is 1. The van der Waals surface area contributed by atoms with Crippen molar-refractivity contribution in [3.8, 4) is 5.75 Å². The molecule has 0 spiro atoms. The number of anilines is 2. The summed E-state index contributed by atoms with van der Waals surface area (Å²) in [7, 11) is 0. The fourth-order valence-corrected chi connectivity index (χ4v) is 6.47. The number of ether oxygens (including phenoxy) is 2. The summed E-state index contributed by atoms with van der Waals surface area (Å²) in [4.78, 5) is 30.0. The number of benzene rings is 1. The highest BCUT2D eigenvalue weighted by atomic mass is 19.1. The van der Waals surface area contributed by atoms with E-state index in [1.54, 1.807) is 40.1 Å². The number of nitrogens with one attached hydrogen (secondary N) is 1. The minimum absolute atomic E-state index is 0.102. The molecule has 2 aliphatic heterocycles. The summed E-state index contributed by atoms with van der Waals surface area (Å²) in [5, 5.41) is 17.6. The number of carbonyl (C=O) groups excluding carboxylic acids is 1. The molecule has 0 radical (unpaired) electrons. The Balaban J connectivity index is 1.05. The summed E-state index contributed by atoms with van der Waals surface area (Å²) in [6.45, 7) is 11.0. The number of piperidine rings is 1. The molecule has 2 N–H and O–H groups in total. The van der Waals surface area contributed by atoms with Crippen LogP contribution in [0.15, 0.2) is 35.1 Å². The highest BCUT2D eigenvalue weighted by molar-refractivity contribution is 5.68. The summed E-state index contributed by atoms with van der Waals surface area (Å²) in [5.41, 5.74) is -1.61. The van der Waals surface area contributed by atoms with E-state index in [4.69, 9.17) is 14.0 Å². The van der Waals surface area contributed by atoms with E-state index in [2.05, 4.69) is 25.4 Å². The van der Waals surface area contributed by atoms with Gasteiger partial charge >= 0.3 is 12.1 Å². The highest BCUT2D eigenvalue weighted by Crippen LogP contribution is 2.44. The first-order valence-corrected chi connectivity index (χ1v) is 16.3. The van der Waals surface area contributed by atoms with Gasteiger partial charge in [-0.3, -0.25) is 0 Å². The Hall–Kier alpha value is -4.07. The Morgan fingerprint density at radius 2 is 1.77 bits per heavy atom. The third-order valence-electron chi connectivity index (χ3n) is 9.31. The predicted octanol–water partition coefficient (Wildman–Crippen LogP) is 4.94. The number of aromatic nitrogens is 4. The first-order chi connectivity index (χ1) is 22.3. The van der Waals surface area contributed by atoms with E-state index < -0.39 is 40.9 Å². The lowest BCUT2D eigenvalue weighted by molar-refractivity contribution is 0.0217. The molecule has 2 saturated heterocycles. The van der Waals surface area contributed by atoms with Gasteiger partial charge in [-0.05, 0) is 95.9 Å². The third-order valence-corrected chi connectivity index (χ3v) is 9.31. The van der Waals surface area contributed by atoms with Gasteiger partial charge in [-0.15, -0.1) is 0 Å². The van der Waals surface area contributed by atoms with Crippen LogP contribution < -0.4 is 19.9 Å². The van der Waals surface area contributed by atoms with Gasteiger partial charge in [0.25, 0.3) is 0 Å². The minimum atomic E-state index is -1.06. The van der Waals surface area contributed by atoms with E-state index in [0.717, 1.165) is 57.0 Å². The molecule has 4 heterocycles. The summed E-state index contributed by atoms with van der Waals surface area (Å²) < 4.78 is 46.1. The lowest BCUT2D eigenvalue weighted by atomic mass is 9.92. The van der Waals surface area contributed by atoms with Crippen molar-refractivity contribution in [2.24, 2.45) is 11.8 Å². The summed E-state index contributed by atoms with van der Waals surface area (Å²) in [6.07, 6.45) is 6.12. The molecule has 14 heteroatoms. The Morgan fingerprint density at radius 1 is 1.06 bits per heavy atom. The maximum Gasteiger partial charge on any atom is 0.407 e. The van der Waals surface area contributed by atoms with Crippen molar-refractivity contribution >= 4 is 18.1 Å². The van der Waals surface area contributed by atoms with Gasteiger partial charge in [0.1, 0.15) is 22.8 Å². The Bertz CT molecular complexity index is 1550. The molecule has 2 aromatic heterocycles. The SMILES string of the molecule is C[C@H](Oc1cnc(N2CC(NC(=O)OC(C)(C)C)[C@@H](c3cc(F)ccc3F)C2)nc1)C1CCN(c2nc(C(C)(O)C3CC3)no2)CC1.